The number of aliphatic hydroxyl groups excluding tert-OH is 1. The molecule has 0 spiro atoms. The monoisotopic (exact) mass is 339 g/mol. The molecule has 0 bridgehead atoms. The third kappa shape index (κ3) is 3.34. The Balaban J connectivity index is 1.41. The van der Waals surface area contributed by atoms with Crippen molar-refractivity contribution in [1.82, 2.24) is 14.4 Å². The second kappa shape index (κ2) is 7.02. The molecule has 2 heterocycles. The van der Waals surface area contributed by atoms with E-state index in [4.69, 9.17) is 0 Å². The fourth-order valence-corrected chi connectivity index (χ4v) is 4.09. The van der Waals surface area contributed by atoms with Crippen LogP contribution in [0.1, 0.15) is 29.6 Å². The first-order valence-corrected chi connectivity index (χ1v) is 9.17. The molecular weight excluding hydrogens is 314 g/mol. The van der Waals surface area contributed by atoms with Gasteiger partial charge >= 0.3 is 0 Å². The first-order valence-electron chi connectivity index (χ1n) is 9.17. The van der Waals surface area contributed by atoms with E-state index in [1.807, 2.05) is 58.3 Å². The molecule has 1 saturated heterocycles. The van der Waals surface area contributed by atoms with E-state index < -0.39 is 0 Å². The van der Waals surface area contributed by atoms with Gasteiger partial charge in [-0.25, -0.2) is 0 Å². The molecule has 1 aliphatic heterocycles. The zero-order valence-corrected chi connectivity index (χ0v) is 14.4. The van der Waals surface area contributed by atoms with Crippen LogP contribution in [0.3, 0.4) is 0 Å². The van der Waals surface area contributed by atoms with E-state index in [0.29, 0.717) is 0 Å². The number of carbonyl (C=O) groups excluding carboxylic acids is 1. The Hall–Kier alpha value is -2.11. The third-order valence-electron chi connectivity index (χ3n) is 5.51. The zero-order chi connectivity index (χ0) is 17.2. The standard InChI is InChI=1S/C20H25N3O2/c24-19-8-4-7-18(19)22-11-13-23(14-12-22)20(25)16-5-3-6-17(15-16)21-9-1-2-10-21/h1-3,5-6,9-10,15,18-19,24H,4,7-8,11-14H2/t18-,19+/m0/s1. The van der Waals surface area contributed by atoms with Crippen LogP contribution in [-0.2, 0) is 0 Å². The fourth-order valence-electron chi connectivity index (χ4n) is 4.09. The number of piperazine rings is 1. The molecule has 1 aromatic carbocycles. The molecular formula is C20H25N3O2. The summed E-state index contributed by atoms with van der Waals surface area (Å²) in [6.07, 6.45) is 6.87. The highest BCUT2D eigenvalue weighted by Crippen LogP contribution is 2.25. The molecule has 1 aromatic heterocycles. The predicted molar refractivity (Wildman–Crippen MR) is 96.9 cm³/mol. The van der Waals surface area contributed by atoms with Gasteiger partial charge in [-0.15, -0.1) is 0 Å². The number of carbonyl (C=O) groups is 1. The molecule has 2 atom stereocenters. The normalized spacial score (nSPS) is 24.6. The van der Waals surface area contributed by atoms with E-state index in [9.17, 15) is 9.90 Å². The van der Waals surface area contributed by atoms with Gasteiger partial charge in [0.2, 0.25) is 0 Å². The Morgan fingerprint density at radius 1 is 1.00 bits per heavy atom. The summed E-state index contributed by atoms with van der Waals surface area (Å²) in [6, 6.07) is 12.0. The molecule has 2 fully saturated rings. The topological polar surface area (TPSA) is 48.7 Å². The van der Waals surface area contributed by atoms with Gasteiger partial charge < -0.3 is 14.6 Å². The summed E-state index contributed by atoms with van der Waals surface area (Å²) < 4.78 is 2.01. The number of nitrogens with zero attached hydrogens (tertiary/aromatic N) is 3. The van der Waals surface area contributed by atoms with Crippen LogP contribution in [0, 0.1) is 0 Å². The van der Waals surface area contributed by atoms with Gasteiger partial charge in [-0.05, 0) is 49.6 Å². The quantitative estimate of drug-likeness (QED) is 0.932. The molecule has 5 heteroatoms. The number of rotatable bonds is 3. The Morgan fingerprint density at radius 2 is 1.76 bits per heavy atom. The first-order chi connectivity index (χ1) is 12.2. The number of aliphatic hydroxyl groups is 1. The van der Waals surface area contributed by atoms with Crippen molar-refractivity contribution in [3.05, 3.63) is 54.4 Å². The van der Waals surface area contributed by atoms with Crippen molar-refractivity contribution in [2.75, 3.05) is 26.2 Å². The molecule has 0 radical (unpaired) electrons. The van der Waals surface area contributed by atoms with Crippen LogP contribution in [0.2, 0.25) is 0 Å². The second-order valence-corrected chi connectivity index (χ2v) is 7.03. The molecule has 132 valence electrons. The van der Waals surface area contributed by atoms with Gasteiger partial charge in [0.1, 0.15) is 0 Å². The Bertz CT molecular complexity index is 720. The summed E-state index contributed by atoms with van der Waals surface area (Å²) in [5, 5.41) is 10.1. The maximum Gasteiger partial charge on any atom is 0.254 e. The van der Waals surface area contributed by atoms with Crippen LogP contribution in [0.4, 0.5) is 0 Å². The molecule has 2 aromatic rings. The van der Waals surface area contributed by atoms with Crippen molar-refractivity contribution in [2.45, 2.75) is 31.4 Å². The van der Waals surface area contributed by atoms with Crippen LogP contribution >= 0.6 is 0 Å². The highest BCUT2D eigenvalue weighted by Gasteiger charge is 2.33. The average molecular weight is 339 g/mol. The molecule has 2 aliphatic rings. The lowest BCUT2D eigenvalue weighted by Gasteiger charge is -2.39. The van der Waals surface area contributed by atoms with Crippen LogP contribution in [0.15, 0.2) is 48.8 Å². The molecule has 0 unspecified atom stereocenters. The largest absolute Gasteiger partial charge is 0.391 e. The first kappa shape index (κ1) is 16.4. The summed E-state index contributed by atoms with van der Waals surface area (Å²) in [7, 11) is 0. The van der Waals surface area contributed by atoms with Gasteiger partial charge in [-0.1, -0.05) is 6.07 Å². The highest BCUT2D eigenvalue weighted by molar-refractivity contribution is 5.94. The van der Waals surface area contributed by atoms with Crippen LogP contribution in [-0.4, -0.2) is 63.7 Å². The minimum Gasteiger partial charge on any atom is -0.391 e. The third-order valence-corrected chi connectivity index (χ3v) is 5.51. The van der Waals surface area contributed by atoms with Crippen molar-refractivity contribution in [1.29, 1.82) is 0 Å². The number of hydrogen-bond acceptors (Lipinski definition) is 3. The van der Waals surface area contributed by atoms with Crippen molar-refractivity contribution in [2.24, 2.45) is 0 Å². The number of hydrogen-bond donors (Lipinski definition) is 1. The molecule has 1 amide bonds. The molecule has 4 rings (SSSR count). The minimum absolute atomic E-state index is 0.0978. The smallest absolute Gasteiger partial charge is 0.254 e. The highest BCUT2D eigenvalue weighted by atomic mass is 16.3. The minimum atomic E-state index is -0.194. The van der Waals surface area contributed by atoms with Crippen LogP contribution < -0.4 is 0 Å². The molecule has 25 heavy (non-hydrogen) atoms. The van der Waals surface area contributed by atoms with E-state index in [2.05, 4.69) is 4.90 Å². The summed E-state index contributed by atoms with van der Waals surface area (Å²) in [4.78, 5) is 17.2. The van der Waals surface area contributed by atoms with Gasteiger partial charge in [0, 0.05) is 55.9 Å². The van der Waals surface area contributed by atoms with Gasteiger partial charge in [-0.3, -0.25) is 9.69 Å². The Kier molecular flexibility index (Phi) is 4.59. The number of amides is 1. The predicted octanol–water partition coefficient (Wildman–Crippen LogP) is 2.15. The van der Waals surface area contributed by atoms with Gasteiger partial charge in [0.25, 0.3) is 5.91 Å². The van der Waals surface area contributed by atoms with Gasteiger partial charge in [0.15, 0.2) is 0 Å². The summed E-state index contributed by atoms with van der Waals surface area (Å²) in [5.74, 6) is 0.0978. The number of benzene rings is 1. The number of aromatic nitrogens is 1. The van der Waals surface area contributed by atoms with E-state index in [1.54, 1.807) is 0 Å². The van der Waals surface area contributed by atoms with Crippen molar-refractivity contribution >= 4 is 5.91 Å². The molecule has 1 aliphatic carbocycles. The summed E-state index contributed by atoms with van der Waals surface area (Å²) >= 11 is 0. The molecule has 5 nitrogen and oxygen atoms in total. The molecule has 1 N–H and O–H groups in total. The zero-order valence-electron chi connectivity index (χ0n) is 14.4. The maximum atomic E-state index is 12.9. The lowest BCUT2D eigenvalue weighted by molar-refractivity contribution is 0.0315. The summed E-state index contributed by atoms with van der Waals surface area (Å²) in [5.41, 5.74) is 1.74. The fraction of sp³-hybridized carbons (Fsp3) is 0.450. The Morgan fingerprint density at radius 3 is 2.44 bits per heavy atom. The van der Waals surface area contributed by atoms with Crippen molar-refractivity contribution < 1.29 is 9.90 Å². The average Bonchev–Trinajstić information content (AvgIpc) is 3.33. The Labute approximate surface area is 148 Å². The lowest BCUT2D eigenvalue weighted by Crippen LogP contribution is -2.53. The van der Waals surface area contributed by atoms with E-state index in [0.717, 1.165) is 56.7 Å². The maximum absolute atomic E-state index is 12.9. The van der Waals surface area contributed by atoms with Crippen molar-refractivity contribution in [3.63, 3.8) is 0 Å². The van der Waals surface area contributed by atoms with Crippen molar-refractivity contribution in [3.8, 4) is 5.69 Å². The van der Waals surface area contributed by atoms with Crippen LogP contribution in [0.5, 0.6) is 0 Å². The molecule has 1 saturated carbocycles. The van der Waals surface area contributed by atoms with Gasteiger partial charge in [0.05, 0.1) is 6.10 Å². The lowest BCUT2D eigenvalue weighted by atomic mass is 10.1. The van der Waals surface area contributed by atoms with E-state index in [1.165, 1.54) is 0 Å². The summed E-state index contributed by atoms with van der Waals surface area (Å²) in [6.45, 7) is 3.17. The van der Waals surface area contributed by atoms with E-state index >= 15 is 0 Å². The SMILES string of the molecule is O=C(c1cccc(-n2cccc2)c1)N1CCN([C@H]2CCC[C@H]2O)CC1. The van der Waals surface area contributed by atoms with Gasteiger partial charge in [-0.2, -0.15) is 0 Å². The van der Waals surface area contributed by atoms with E-state index in [-0.39, 0.29) is 18.1 Å². The second-order valence-electron chi connectivity index (χ2n) is 7.03. The van der Waals surface area contributed by atoms with Crippen LogP contribution in [0.25, 0.3) is 5.69 Å².